The van der Waals surface area contributed by atoms with Gasteiger partial charge in [-0.1, -0.05) is 6.92 Å². The fraction of sp³-hybridized carbons (Fsp3) is 0.917. The smallest absolute Gasteiger partial charge is 0.149 e. The largest absolute Gasteiger partial charge is 0.302 e. The molecule has 1 saturated heterocycles. The summed E-state index contributed by atoms with van der Waals surface area (Å²) in [7, 11) is 0. The van der Waals surface area contributed by atoms with Crippen molar-refractivity contribution in [2.24, 2.45) is 0 Å². The predicted octanol–water partition coefficient (Wildman–Crippen LogP) is 1.14. The van der Waals surface area contributed by atoms with Crippen molar-refractivity contribution < 1.29 is 4.79 Å². The van der Waals surface area contributed by atoms with Crippen molar-refractivity contribution in [1.82, 2.24) is 9.80 Å². The van der Waals surface area contributed by atoms with Crippen molar-refractivity contribution in [3.8, 4) is 0 Å². The fourth-order valence-electron chi connectivity index (χ4n) is 2.80. The molecule has 0 bridgehead atoms. The van der Waals surface area contributed by atoms with Gasteiger partial charge in [-0.05, 0) is 32.4 Å². The Morgan fingerprint density at radius 1 is 1.20 bits per heavy atom. The van der Waals surface area contributed by atoms with E-state index in [1.165, 1.54) is 13.0 Å². The molecule has 1 saturated carbocycles. The van der Waals surface area contributed by atoms with E-state index in [-0.39, 0.29) is 6.04 Å². The summed E-state index contributed by atoms with van der Waals surface area (Å²) in [6.45, 7) is 7.91. The first-order valence-corrected chi connectivity index (χ1v) is 6.30. The average molecular weight is 210 g/mol. The Kier molecular flexibility index (Phi) is 3.76. The van der Waals surface area contributed by atoms with Gasteiger partial charge in [0, 0.05) is 26.1 Å². The lowest BCUT2D eigenvalue weighted by Crippen LogP contribution is -2.40. The number of carbonyl (C=O) groups is 1. The van der Waals surface area contributed by atoms with Crippen molar-refractivity contribution in [3.63, 3.8) is 0 Å². The third-order valence-corrected chi connectivity index (χ3v) is 3.78. The second-order valence-corrected chi connectivity index (χ2v) is 4.70. The Labute approximate surface area is 92.4 Å². The third kappa shape index (κ3) is 2.58. The van der Waals surface area contributed by atoms with Gasteiger partial charge in [-0.25, -0.2) is 0 Å². The molecular formula is C12H22N2O. The Morgan fingerprint density at radius 3 is 2.73 bits per heavy atom. The number of rotatable bonds is 2. The second-order valence-electron chi connectivity index (χ2n) is 4.70. The van der Waals surface area contributed by atoms with Gasteiger partial charge in [-0.2, -0.15) is 0 Å². The monoisotopic (exact) mass is 210 g/mol. The van der Waals surface area contributed by atoms with Gasteiger partial charge in [0.15, 0.2) is 0 Å². The molecule has 1 aliphatic carbocycles. The first-order valence-electron chi connectivity index (χ1n) is 6.30. The summed E-state index contributed by atoms with van der Waals surface area (Å²) in [5, 5.41) is 0. The van der Waals surface area contributed by atoms with Gasteiger partial charge in [0.2, 0.25) is 0 Å². The van der Waals surface area contributed by atoms with E-state index < -0.39 is 0 Å². The molecule has 0 aromatic rings. The van der Waals surface area contributed by atoms with Crippen LogP contribution in [0.2, 0.25) is 0 Å². The van der Waals surface area contributed by atoms with Gasteiger partial charge in [0.05, 0.1) is 6.04 Å². The third-order valence-electron chi connectivity index (χ3n) is 3.78. The Hall–Kier alpha value is -0.410. The highest BCUT2D eigenvalue weighted by Gasteiger charge is 2.30. The SMILES string of the molecule is CCN1CCCN(C2CCCC2=O)CC1. The second kappa shape index (κ2) is 5.08. The molecule has 2 fully saturated rings. The normalized spacial score (nSPS) is 30.7. The van der Waals surface area contributed by atoms with Gasteiger partial charge in [-0.15, -0.1) is 0 Å². The van der Waals surface area contributed by atoms with Crippen LogP contribution in [0, 0.1) is 0 Å². The summed E-state index contributed by atoms with van der Waals surface area (Å²) in [5.74, 6) is 0.486. The molecule has 2 aliphatic rings. The first-order chi connectivity index (χ1) is 7.31. The molecule has 3 heteroatoms. The van der Waals surface area contributed by atoms with Crippen LogP contribution in [0.5, 0.6) is 0 Å². The first kappa shape index (κ1) is 11.1. The minimum absolute atomic E-state index is 0.266. The van der Waals surface area contributed by atoms with Crippen LogP contribution in [-0.4, -0.2) is 54.3 Å². The summed E-state index contributed by atoms with van der Waals surface area (Å²) >= 11 is 0. The van der Waals surface area contributed by atoms with Gasteiger partial charge >= 0.3 is 0 Å². The van der Waals surface area contributed by atoms with Crippen molar-refractivity contribution in [2.75, 3.05) is 32.7 Å². The van der Waals surface area contributed by atoms with E-state index in [2.05, 4.69) is 16.7 Å². The number of ketones is 1. The highest BCUT2D eigenvalue weighted by Crippen LogP contribution is 2.21. The molecular weight excluding hydrogens is 188 g/mol. The average Bonchev–Trinajstić information content (AvgIpc) is 2.54. The quantitative estimate of drug-likeness (QED) is 0.683. The summed E-state index contributed by atoms with van der Waals surface area (Å²) in [5.41, 5.74) is 0. The molecule has 0 aromatic heterocycles. The van der Waals surface area contributed by atoms with E-state index in [1.54, 1.807) is 0 Å². The van der Waals surface area contributed by atoms with Crippen molar-refractivity contribution in [1.29, 1.82) is 0 Å². The Balaban J connectivity index is 1.90. The molecule has 0 amide bonds. The minimum atomic E-state index is 0.266. The van der Waals surface area contributed by atoms with E-state index in [0.29, 0.717) is 5.78 Å². The molecule has 1 unspecified atom stereocenters. The van der Waals surface area contributed by atoms with Crippen molar-refractivity contribution in [2.45, 2.75) is 38.6 Å². The molecule has 1 heterocycles. The highest BCUT2D eigenvalue weighted by molar-refractivity contribution is 5.85. The molecule has 86 valence electrons. The van der Waals surface area contributed by atoms with Crippen LogP contribution in [0.15, 0.2) is 0 Å². The zero-order chi connectivity index (χ0) is 10.7. The van der Waals surface area contributed by atoms with Crippen LogP contribution in [0.3, 0.4) is 0 Å². The van der Waals surface area contributed by atoms with Gasteiger partial charge in [0.25, 0.3) is 0 Å². The van der Waals surface area contributed by atoms with Crippen LogP contribution < -0.4 is 0 Å². The lowest BCUT2D eigenvalue weighted by Gasteiger charge is -2.26. The number of hydrogen-bond acceptors (Lipinski definition) is 3. The van der Waals surface area contributed by atoms with Crippen LogP contribution >= 0.6 is 0 Å². The number of hydrogen-bond donors (Lipinski definition) is 0. The number of Topliss-reactive ketones (excluding diaryl/α,β-unsaturated/α-hetero) is 1. The molecule has 1 aliphatic heterocycles. The zero-order valence-electron chi connectivity index (χ0n) is 9.74. The molecule has 0 radical (unpaired) electrons. The molecule has 0 N–H and O–H groups in total. The maximum absolute atomic E-state index is 11.7. The Morgan fingerprint density at radius 2 is 2.07 bits per heavy atom. The lowest BCUT2D eigenvalue weighted by atomic mass is 10.2. The van der Waals surface area contributed by atoms with E-state index >= 15 is 0 Å². The van der Waals surface area contributed by atoms with E-state index in [0.717, 1.165) is 45.4 Å². The number of carbonyl (C=O) groups excluding carboxylic acids is 1. The van der Waals surface area contributed by atoms with E-state index in [1.807, 2.05) is 0 Å². The summed E-state index contributed by atoms with van der Waals surface area (Å²) in [4.78, 5) is 16.6. The summed E-state index contributed by atoms with van der Waals surface area (Å²) in [6.07, 6.45) is 4.25. The standard InChI is InChI=1S/C12H22N2O/c1-2-13-7-4-8-14(10-9-13)11-5-3-6-12(11)15/h11H,2-10H2,1H3. The van der Waals surface area contributed by atoms with Crippen molar-refractivity contribution in [3.05, 3.63) is 0 Å². The molecule has 3 nitrogen and oxygen atoms in total. The van der Waals surface area contributed by atoms with Crippen LogP contribution in [0.25, 0.3) is 0 Å². The van der Waals surface area contributed by atoms with Crippen LogP contribution in [0.4, 0.5) is 0 Å². The molecule has 1 atom stereocenters. The maximum atomic E-state index is 11.7. The zero-order valence-corrected chi connectivity index (χ0v) is 9.74. The maximum Gasteiger partial charge on any atom is 0.149 e. The molecule has 0 spiro atoms. The topological polar surface area (TPSA) is 23.6 Å². The minimum Gasteiger partial charge on any atom is -0.302 e. The highest BCUT2D eigenvalue weighted by atomic mass is 16.1. The Bertz CT molecular complexity index is 230. The van der Waals surface area contributed by atoms with Gasteiger partial charge in [0.1, 0.15) is 5.78 Å². The van der Waals surface area contributed by atoms with Crippen LogP contribution in [0.1, 0.15) is 32.6 Å². The molecule has 0 aromatic carbocycles. The van der Waals surface area contributed by atoms with E-state index in [4.69, 9.17) is 0 Å². The van der Waals surface area contributed by atoms with E-state index in [9.17, 15) is 4.79 Å². The summed E-state index contributed by atoms with van der Waals surface area (Å²) in [6, 6.07) is 0.266. The van der Waals surface area contributed by atoms with Gasteiger partial charge < -0.3 is 4.90 Å². The lowest BCUT2D eigenvalue weighted by molar-refractivity contribution is -0.121. The number of likely N-dealkylation sites (N-methyl/N-ethyl adjacent to an activating group) is 1. The molecule has 2 rings (SSSR count). The number of nitrogens with zero attached hydrogens (tertiary/aromatic N) is 2. The summed E-state index contributed by atoms with van der Waals surface area (Å²) < 4.78 is 0. The van der Waals surface area contributed by atoms with Crippen LogP contribution in [-0.2, 0) is 4.79 Å². The fourth-order valence-corrected chi connectivity index (χ4v) is 2.80. The van der Waals surface area contributed by atoms with Crippen molar-refractivity contribution >= 4 is 5.78 Å². The molecule has 15 heavy (non-hydrogen) atoms. The predicted molar refractivity (Wildman–Crippen MR) is 61.0 cm³/mol. The van der Waals surface area contributed by atoms with Gasteiger partial charge in [-0.3, -0.25) is 9.69 Å².